The number of hydrogen-bond acceptors (Lipinski definition) is 4. The van der Waals surface area contributed by atoms with Gasteiger partial charge in [0.1, 0.15) is 5.82 Å². The van der Waals surface area contributed by atoms with Gasteiger partial charge < -0.3 is 9.73 Å². The zero-order valence-electron chi connectivity index (χ0n) is 12.8. The fourth-order valence-electron chi connectivity index (χ4n) is 1.91. The Labute approximate surface area is 128 Å². The van der Waals surface area contributed by atoms with Crippen LogP contribution >= 0.6 is 0 Å². The summed E-state index contributed by atoms with van der Waals surface area (Å²) in [5.41, 5.74) is 0.266. The van der Waals surface area contributed by atoms with Crippen LogP contribution in [0.3, 0.4) is 0 Å². The fourth-order valence-corrected chi connectivity index (χ4v) is 1.91. The highest BCUT2D eigenvalue weighted by atomic mass is 19.1. The fraction of sp³-hybridized carbons (Fsp3) is 0.438. The minimum atomic E-state index is -0.413. The van der Waals surface area contributed by atoms with Gasteiger partial charge in [0.25, 0.3) is 5.89 Å². The smallest absolute Gasteiger partial charge is 0.250 e. The average molecular weight is 305 g/mol. The van der Waals surface area contributed by atoms with Crippen LogP contribution in [0.4, 0.5) is 4.39 Å². The highest BCUT2D eigenvalue weighted by Crippen LogP contribution is 2.21. The van der Waals surface area contributed by atoms with Crippen LogP contribution in [-0.4, -0.2) is 22.6 Å². The van der Waals surface area contributed by atoms with Crippen molar-refractivity contribution in [3.63, 3.8) is 0 Å². The number of aryl methyl sites for hydroxylation is 1. The number of amides is 1. The van der Waals surface area contributed by atoms with Crippen LogP contribution in [0.1, 0.15) is 32.6 Å². The molecule has 1 N–H and O–H groups in total. The van der Waals surface area contributed by atoms with E-state index in [4.69, 9.17) is 4.42 Å². The lowest BCUT2D eigenvalue weighted by atomic mass is 10.1. The molecule has 0 saturated carbocycles. The highest BCUT2D eigenvalue weighted by Gasteiger charge is 2.13. The summed E-state index contributed by atoms with van der Waals surface area (Å²) >= 11 is 0. The molecule has 5 nitrogen and oxygen atoms in total. The van der Waals surface area contributed by atoms with Crippen molar-refractivity contribution in [3.8, 4) is 11.5 Å². The van der Waals surface area contributed by atoms with Gasteiger partial charge in [0, 0.05) is 19.4 Å². The molecule has 0 radical (unpaired) electrons. The first-order chi connectivity index (χ1) is 10.6. The number of rotatable bonds is 7. The molecule has 6 heteroatoms. The SMILES string of the molecule is CC(C)CCNC(=O)CCc1nnc(-c2ccccc2F)o1. The Hall–Kier alpha value is -2.24. The van der Waals surface area contributed by atoms with Crippen LogP contribution in [0, 0.1) is 11.7 Å². The molecule has 0 aliphatic carbocycles. The number of carbonyl (C=O) groups excluding carboxylic acids is 1. The maximum Gasteiger partial charge on any atom is 0.250 e. The van der Waals surface area contributed by atoms with E-state index < -0.39 is 5.82 Å². The number of hydrogen-bond donors (Lipinski definition) is 1. The van der Waals surface area contributed by atoms with Crippen LogP contribution in [0.25, 0.3) is 11.5 Å². The van der Waals surface area contributed by atoms with E-state index in [0.29, 0.717) is 24.8 Å². The topological polar surface area (TPSA) is 68.0 Å². The summed E-state index contributed by atoms with van der Waals surface area (Å²) in [5, 5.41) is 10.5. The van der Waals surface area contributed by atoms with Crippen LogP contribution in [0.5, 0.6) is 0 Å². The van der Waals surface area contributed by atoms with E-state index in [-0.39, 0.29) is 23.8 Å². The first-order valence-corrected chi connectivity index (χ1v) is 7.40. The van der Waals surface area contributed by atoms with Gasteiger partial charge in [0.15, 0.2) is 0 Å². The van der Waals surface area contributed by atoms with Crippen molar-refractivity contribution in [2.24, 2.45) is 5.92 Å². The predicted octanol–water partition coefficient (Wildman–Crippen LogP) is 2.97. The number of carbonyl (C=O) groups is 1. The molecule has 0 atom stereocenters. The molecule has 1 aromatic heterocycles. The van der Waals surface area contributed by atoms with Crippen molar-refractivity contribution < 1.29 is 13.6 Å². The van der Waals surface area contributed by atoms with Crippen LogP contribution < -0.4 is 5.32 Å². The summed E-state index contributed by atoms with van der Waals surface area (Å²) in [6.07, 6.45) is 1.57. The Kier molecular flexibility index (Phi) is 5.63. The molecular weight excluding hydrogens is 285 g/mol. The molecule has 118 valence electrons. The second-order valence-electron chi connectivity index (χ2n) is 5.51. The summed E-state index contributed by atoms with van der Waals surface area (Å²) in [6, 6.07) is 6.20. The molecule has 2 aromatic rings. The molecule has 2 rings (SSSR count). The molecule has 22 heavy (non-hydrogen) atoms. The molecule has 1 heterocycles. The molecule has 0 spiro atoms. The Morgan fingerprint density at radius 2 is 2.09 bits per heavy atom. The summed E-state index contributed by atoms with van der Waals surface area (Å²) in [4.78, 5) is 11.7. The molecule has 0 fully saturated rings. The quantitative estimate of drug-likeness (QED) is 0.854. The normalized spacial score (nSPS) is 10.9. The molecule has 0 aliphatic rings. The zero-order chi connectivity index (χ0) is 15.9. The van der Waals surface area contributed by atoms with Gasteiger partial charge >= 0.3 is 0 Å². The number of halogens is 1. The Bertz CT molecular complexity index is 625. The van der Waals surface area contributed by atoms with Crippen molar-refractivity contribution >= 4 is 5.91 Å². The third kappa shape index (κ3) is 4.65. The molecule has 0 unspecified atom stereocenters. The van der Waals surface area contributed by atoms with Gasteiger partial charge in [-0.2, -0.15) is 0 Å². The Morgan fingerprint density at radius 3 is 2.82 bits per heavy atom. The molecule has 1 amide bonds. The lowest BCUT2D eigenvalue weighted by Gasteiger charge is -2.06. The van der Waals surface area contributed by atoms with Gasteiger partial charge in [-0.3, -0.25) is 4.79 Å². The summed E-state index contributed by atoms with van der Waals surface area (Å²) in [7, 11) is 0. The monoisotopic (exact) mass is 305 g/mol. The van der Waals surface area contributed by atoms with Crippen LogP contribution in [0.2, 0.25) is 0 Å². The Balaban J connectivity index is 1.85. The number of nitrogens with one attached hydrogen (secondary N) is 1. The predicted molar refractivity (Wildman–Crippen MR) is 80.5 cm³/mol. The maximum absolute atomic E-state index is 13.6. The highest BCUT2D eigenvalue weighted by molar-refractivity contribution is 5.75. The largest absolute Gasteiger partial charge is 0.421 e. The minimum absolute atomic E-state index is 0.0497. The van der Waals surface area contributed by atoms with E-state index in [1.165, 1.54) is 6.07 Å². The second kappa shape index (κ2) is 7.68. The second-order valence-corrected chi connectivity index (χ2v) is 5.51. The van der Waals surface area contributed by atoms with Gasteiger partial charge in [-0.25, -0.2) is 4.39 Å². The lowest BCUT2D eigenvalue weighted by Crippen LogP contribution is -2.25. The maximum atomic E-state index is 13.6. The van der Waals surface area contributed by atoms with Gasteiger partial charge in [0.05, 0.1) is 5.56 Å². The van der Waals surface area contributed by atoms with Gasteiger partial charge in [-0.15, -0.1) is 10.2 Å². The summed E-state index contributed by atoms with van der Waals surface area (Å²) < 4.78 is 19.0. The zero-order valence-corrected chi connectivity index (χ0v) is 12.8. The van der Waals surface area contributed by atoms with Crippen molar-refractivity contribution in [2.75, 3.05) is 6.54 Å². The first kappa shape index (κ1) is 16.1. The van der Waals surface area contributed by atoms with Gasteiger partial charge in [-0.1, -0.05) is 26.0 Å². The number of benzene rings is 1. The first-order valence-electron chi connectivity index (χ1n) is 7.40. The van der Waals surface area contributed by atoms with E-state index in [1.54, 1.807) is 18.2 Å². The van der Waals surface area contributed by atoms with Crippen molar-refractivity contribution in [2.45, 2.75) is 33.1 Å². The van der Waals surface area contributed by atoms with Crippen LogP contribution in [0.15, 0.2) is 28.7 Å². The van der Waals surface area contributed by atoms with E-state index in [9.17, 15) is 9.18 Å². The van der Waals surface area contributed by atoms with E-state index >= 15 is 0 Å². The molecule has 0 bridgehead atoms. The van der Waals surface area contributed by atoms with Gasteiger partial charge in [-0.05, 0) is 24.5 Å². The van der Waals surface area contributed by atoms with Gasteiger partial charge in [0.2, 0.25) is 11.8 Å². The molecule has 1 aromatic carbocycles. The van der Waals surface area contributed by atoms with Crippen molar-refractivity contribution in [1.29, 1.82) is 0 Å². The third-order valence-corrected chi connectivity index (χ3v) is 3.18. The standard InChI is InChI=1S/C16H20FN3O2/c1-11(2)9-10-18-14(21)7-8-15-19-20-16(22-15)12-5-3-4-6-13(12)17/h3-6,11H,7-10H2,1-2H3,(H,18,21). The van der Waals surface area contributed by atoms with E-state index in [1.807, 2.05) is 0 Å². The summed E-state index contributed by atoms with van der Waals surface area (Å²) in [5.74, 6) is 0.556. The van der Waals surface area contributed by atoms with Crippen molar-refractivity contribution in [3.05, 3.63) is 36.0 Å². The van der Waals surface area contributed by atoms with E-state index in [0.717, 1.165) is 6.42 Å². The molecular formula is C16H20FN3O2. The molecule has 0 saturated heterocycles. The summed E-state index contributed by atoms with van der Waals surface area (Å²) in [6.45, 7) is 4.88. The molecule has 0 aliphatic heterocycles. The third-order valence-electron chi connectivity index (χ3n) is 3.18. The van der Waals surface area contributed by atoms with Crippen LogP contribution in [-0.2, 0) is 11.2 Å². The van der Waals surface area contributed by atoms with Crippen molar-refractivity contribution in [1.82, 2.24) is 15.5 Å². The number of aromatic nitrogens is 2. The minimum Gasteiger partial charge on any atom is -0.421 e. The number of nitrogens with zero attached hydrogens (tertiary/aromatic N) is 2. The average Bonchev–Trinajstić information content (AvgIpc) is 2.94. The lowest BCUT2D eigenvalue weighted by molar-refractivity contribution is -0.121. The van der Waals surface area contributed by atoms with E-state index in [2.05, 4.69) is 29.4 Å². The Morgan fingerprint density at radius 1 is 1.32 bits per heavy atom.